The van der Waals surface area contributed by atoms with Gasteiger partial charge in [-0.1, -0.05) is 30.1 Å². The maximum atomic E-state index is 6.18. The summed E-state index contributed by atoms with van der Waals surface area (Å²) >= 11 is 14.4. The molecule has 0 aliphatic carbocycles. The maximum Gasteiger partial charge on any atom is 0.135 e. The lowest BCUT2D eigenvalue weighted by Crippen LogP contribution is -2.00. The van der Waals surface area contributed by atoms with E-state index in [9.17, 15) is 0 Å². The van der Waals surface area contributed by atoms with Gasteiger partial charge in [0.05, 0.1) is 10.7 Å². The van der Waals surface area contributed by atoms with Crippen LogP contribution in [0.5, 0.6) is 0 Å². The van der Waals surface area contributed by atoms with Crippen LogP contribution in [0.25, 0.3) is 0 Å². The van der Waals surface area contributed by atoms with Crippen molar-refractivity contribution in [3.63, 3.8) is 0 Å². The molecule has 0 fully saturated rings. The molecule has 2 rings (SSSR count). The molecule has 0 atom stereocenters. The van der Waals surface area contributed by atoms with Crippen LogP contribution in [-0.4, -0.2) is 9.97 Å². The number of aryl methyl sites for hydroxylation is 1. The average molecular weight is 408 g/mol. The summed E-state index contributed by atoms with van der Waals surface area (Å²) in [6.07, 6.45) is 1.78. The van der Waals surface area contributed by atoms with Crippen LogP contribution >= 0.6 is 45.8 Å². The van der Waals surface area contributed by atoms with E-state index in [1.54, 1.807) is 6.07 Å². The smallest absolute Gasteiger partial charge is 0.135 e. The third-order valence-electron chi connectivity index (χ3n) is 2.41. The maximum absolute atomic E-state index is 6.18. The first kappa shape index (κ1) is 14.8. The molecule has 0 unspecified atom stereocenters. The monoisotopic (exact) mass is 407 g/mol. The SMILES string of the molecule is CCCc1nc(Cl)cc(Nc2ccc(I)cc2Cl)n1. The molecule has 6 heteroatoms. The number of anilines is 2. The van der Waals surface area contributed by atoms with Crippen molar-refractivity contribution in [3.05, 3.63) is 43.8 Å². The topological polar surface area (TPSA) is 37.8 Å². The fourth-order valence-corrected chi connectivity index (χ4v) is 2.70. The highest BCUT2D eigenvalue weighted by atomic mass is 127. The first-order valence-electron chi connectivity index (χ1n) is 5.84. The van der Waals surface area contributed by atoms with Crippen molar-refractivity contribution >= 4 is 57.3 Å². The first-order valence-corrected chi connectivity index (χ1v) is 7.67. The van der Waals surface area contributed by atoms with E-state index in [-0.39, 0.29) is 0 Å². The zero-order valence-corrected chi connectivity index (χ0v) is 13.9. The van der Waals surface area contributed by atoms with Crippen LogP contribution in [0.3, 0.4) is 0 Å². The molecule has 0 amide bonds. The summed E-state index contributed by atoms with van der Waals surface area (Å²) in [5.74, 6) is 1.39. The minimum absolute atomic E-state index is 0.433. The van der Waals surface area contributed by atoms with E-state index in [1.807, 2.05) is 18.2 Å². The molecule has 19 heavy (non-hydrogen) atoms. The molecule has 0 bridgehead atoms. The summed E-state index contributed by atoms with van der Waals surface area (Å²) in [5, 5.41) is 4.25. The van der Waals surface area contributed by atoms with Gasteiger partial charge in [0.2, 0.25) is 0 Å². The van der Waals surface area contributed by atoms with Gasteiger partial charge in [0.1, 0.15) is 16.8 Å². The number of halogens is 3. The van der Waals surface area contributed by atoms with Crippen LogP contribution in [0.4, 0.5) is 11.5 Å². The minimum Gasteiger partial charge on any atom is -0.339 e. The molecular weight excluding hydrogens is 396 g/mol. The Bertz CT molecular complexity index is 590. The van der Waals surface area contributed by atoms with Crippen molar-refractivity contribution in [1.82, 2.24) is 9.97 Å². The molecular formula is C13H12Cl2IN3. The van der Waals surface area contributed by atoms with Crippen LogP contribution in [-0.2, 0) is 6.42 Å². The van der Waals surface area contributed by atoms with Gasteiger partial charge in [-0.15, -0.1) is 0 Å². The van der Waals surface area contributed by atoms with Gasteiger partial charge in [0.15, 0.2) is 0 Å². The average Bonchev–Trinajstić information content (AvgIpc) is 2.32. The Hall–Kier alpha value is -0.590. The van der Waals surface area contributed by atoms with Crippen LogP contribution in [0.1, 0.15) is 19.2 Å². The highest BCUT2D eigenvalue weighted by Gasteiger charge is 2.06. The van der Waals surface area contributed by atoms with Gasteiger partial charge in [-0.05, 0) is 47.2 Å². The summed E-state index contributed by atoms with van der Waals surface area (Å²) in [6.45, 7) is 2.08. The second-order valence-electron chi connectivity index (χ2n) is 3.99. The standard InChI is InChI=1S/C13H12Cl2IN3/c1-2-3-12-18-11(15)7-13(19-12)17-10-5-4-8(16)6-9(10)14/h4-7H,2-3H2,1H3,(H,17,18,19). The van der Waals surface area contributed by atoms with Gasteiger partial charge in [-0.25, -0.2) is 9.97 Å². The Balaban J connectivity index is 2.27. The number of rotatable bonds is 4. The summed E-state index contributed by atoms with van der Waals surface area (Å²) in [4.78, 5) is 8.60. The van der Waals surface area contributed by atoms with Crippen LogP contribution in [0.2, 0.25) is 10.2 Å². The zero-order valence-electron chi connectivity index (χ0n) is 10.3. The van der Waals surface area contributed by atoms with Crippen molar-refractivity contribution in [3.8, 4) is 0 Å². The van der Waals surface area contributed by atoms with Crippen LogP contribution < -0.4 is 5.32 Å². The highest BCUT2D eigenvalue weighted by Crippen LogP contribution is 2.27. The van der Waals surface area contributed by atoms with Crippen LogP contribution in [0.15, 0.2) is 24.3 Å². The van der Waals surface area contributed by atoms with Crippen molar-refractivity contribution in [1.29, 1.82) is 0 Å². The molecule has 100 valence electrons. The molecule has 0 aliphatic heterocycles. The number of aromatic nitrogens is 2. The predicted molar refractivity (Wildman–Crippen MR) is 88.5 cm³/mol. The molecule has 0 aliphatic rings. The summed E-state index contributed by atoms with van der Waals surface area (Å²) in [7, 11) is 0. The number of hydrogen-bond acceptors (Lipinski definition) is 3. The normalized spacial score (nSPS) is 10.5. The van der Waals surface area contributed by atoms with Gasteiger partial charge in [-0.2, -0.15) is 0 Å². The number of nitrogens with zero attached hydrogens (tertiary/aromatic N) is 2. The van der Waals surface area contributed by atoms with Gasteiger partial charge in [0.25, 0.3) is 0 Å². The molecule has 1 aromatic carbocycles. The second kappa shape index (κ2) is 6.72. The Labute approximate surface area is 135 Å². The van der Waals surface area contributed by atoms with Gasteiger partial charge >= 0.3 is 0 Å². The second-order valence-corrected chi connectivity index (χ2v) is 6.03. The van der Waals surface area contributed by atoms with E-state index in [2.05, 4.69) is 44.8 Å². The number of hydrogen-bond donors (Lipinski definition) is 1. The van der Waals surface area contributed by atoms with E-state index in [0.29, 0.717) is 16.0 Å². The van der Waals surface area contributed by atoms with E-state index >= 15 is 0 Å². The molecule has 0 radical (unpaired) electrons. The Morgan fingerprint density at radius 1 is 1.21 bits per heavy atom. The summed E-state index contributed by atoms with van der Waals surface area (Å²) < 4.78 is 1.08. The van der Waals surface area contributed by atoms with E-state index in [4.69, 9.17) is 23.2 Å². The number of benzene rings is 1. The Morgan fingerprint density at radius 3 is 2.68 bits per heavy atom. The van der Waals surface area contributed by atoms with E-state index in [0.717, 1.165) is 27.9 Å². The molecule has 0 spiro atoms. The fraction of sp³-hybridized carbons (Fsp3) is 0.231. The van der Waals surface area contributed by atoms with Gasteiger partial charge in [0, 0.05) is 16.1 Å². The molecule has 1 heterocycles. The third kappa shape index (κ3) is 4.19. The van der Waals surface area contributed by atoms with Crippen molar-refractivity contribution in [2.24, 2.45) is 0 Å². The van der Waals surface area contributed by atoms with E-state index < -0.39 is 0 Å². The third-order valence-corrected chi connectivity index (χ3v) is 3.59. The minimum atomic E-state index is 0.433. The van der Waals surface area contributed by atoms with Crippen molar-refractivity contribution < 1.29 is 0 Å². The zero-order chi connectivity index (χ0) is 13.8. The molecule has 3 nitrogen and oxygen atoms in total. The molecule has 0 saturated heterocycles. The lowest BCUT2D eigenvalue weighted by atomic mass is 10.3. The number of nitrogens with one attached hydrogen (secondary N) is 1. The summed E-state index contributed by atoms with van der Waals surface area (Å²) in [6, 6.07) is 7.47. The molecule has 1 N–H and O–H groups in total. The fourth-order valence-electron chi connectivity index (χ4n) is 1.59. The lowest BCUT2D eigenvalue weighted by Gasteiger charge is -2.09. The molecule has 1 aromatic heterocycles. The van der Waals surface area contributed by atoms with E-state index in [1.165, 1.54) is 0 Å². The lowest BCUT2D eigenvalue weighted by molar-refractivity contribution is 0.837. The predicted octanol–water partition coefficient (Wildman–Crippen LogP) is 5.08. The van der Waals surface area contributed by atoms with Crippen molar-refractivity contribution in [2.75, 3.05) is 5.32 Å². The molecule has 0 saturated carbocycles. The Morgan fingerprint density at radius 2 is 2.00 bits per heavy atom. The van der Waals surface area contributed by atoms with Gasteiger partial charge in [-0.3, -0.25) is 0 Å². The van der Waals surface area contributed by atoms with Gasteiger partial charge < -0.3 is 5.32 Å². The van der Waals surface area contributed by atoms with Crippen molar-refractivity contribution in [2.45, 2.75) is 19.8 Å². The summed E-state index contributed by atoms with van der Waals surface area (Å²) in [5.41, 5.74) is 0.805. The first-order chi connectivity index (χ1) is 9.08. The largest absolute Gasteiger partial charge is 0.339 e. The molecule has 2 aromatic rings. The quantitative estimate of drug-likeness (QED) is 0.566. The highest BCUT2D eigenvalue weighted by molar-refractivity contribution is 14.1. The van der Waals surface area contributed by atoms with Crippen LogP contribution in [0, 0.1) is 3.57 Å². The Kier molecular flexibility index (Phi) is 5.24.